The van der Waals surface area contributed by atoms with Crippen LogP contribution in [0.3, 0.4) is 0 Å². The zero-order valence-corrected chi connectivity index (χ0v) is 9.88. The molecule has 0 aliphatic heterocycles. The molecule has 0 unspecified atom stereocenters. The molecule has 0 aliphatic carbocycles. The highest BCUT2D eigenvalue weighted by Gasteiger charge is 2.15. The zero-order chi connectivity index (χ0) is 8.85. The van der Waals surface area contributed by atoms with Crippen LogP contribution in [0.5, 0.6) is 0 Å². The predicted octanol–water partition coefficient (Wildman–Crippen LogP) is 0.959. The number of rotatable bonds is 5. The third-order valence-electron chi connectivity index (χ3n) is 1.79. The normalized spacial score (nSPS) is 12.0. The van der Waals surface area contributed by atoms with Gasteiger partial charge < -0.3 is 9.13 Å². The number of nitrogens with zero attached hydrogens (tertiary/aromatic N) is 2. The number of hydrogen-bond acceptors (Lipinski definition) is 2. The zero-order valence-electron chi connectivity index (χ0n) is 7.97. The molecule has 0 saturated heterocycles. The minimum atomic E-state index is -0.816. The number of alkyl halides is 1. The van der Waals surface area contributed by atoms with Gasteiger partial charge in [-0.15, -0.1) is 11.6 Å². The molecule has 0 fully saturated rings. The van der Waals surface area contributed by atoms with Crippen molar-refractivity contribution in [2.75, 3.05) is 34.1 Å². The topological polar surface area (TPSA) is 6.48 Å². The van der Waals surface area contributed by atoms with Crippen LogP contribution in [0, 0.1) is 0 Å². The van der Waals surface area contributed by atoms with Crippen molar-refractivity contribution in [2.45, 2.75) is 12.5 Å². The second-order valence-corrected chi connectivity index (χ2v) is 7.22. The summed E-state index contributed by atoms with van der Waals surface area (Å²) in [6.45, 7) is 0. The monoisotopic (exact) mass is 194 g/mol. The molecule has 0 aromatic heterocycles. The van der Waals surface area contributed by atoms with E-state index in [1.165, 1.54) is 6.04 Å². The molecule has 0 N–H and O–H groups in total. The molecule has 68 valence electrons. The maximum Gasteiger partial charge on any atom is 0.189 e. The van der Waals surface area contributed by atoms with Crippen LogP contribution < -0.4 is 0 Å². The van der Waals surface area contributed by atoms with Crippen molar-refractivity contribution >= 4 is 20.7 Å². The Kier molecular flexibility index (Phi) is 6.23. The SMILES string of the molecule is CN(C)[SiH](CCCCl)N(C)C. The number of halogens is 1. The third-order valence-corrected chi connectivity index (χ3v) is 5.36. The summed E-state index contributed by atoms with van der Waals surface area (Å²) in [5.74, 6) is 0.797. The van der Waals surface area contributed by atoms with Crippen molar-refractivity contribution < 1.29 is 0 Å². The van der Waals surface area contributed by atoms with Crippen molar-refractivity contribution in [2.24, 2.45) is 0 Å². The van der Waals surface area contributed by atoms with E-state index in [0.717, 1.165) is 12.3 Å². The van der Waals surface area contributed by atoms with Crippen LogP contribution in [0.25, 0.3) is 0 Å². The molecule has 0 aliphatic rings. The summed E-state index contributed by atoms with van der Waals surface area (Å²) in [5, 5.41) is 0. The molecule has 2 nitrogen and oxygen atoms in total. The highest BCUT2D eigenvalue weighted by molar-refractivity contribution is 6.52. The van der Waals surface area contributed by atoms with Crippen LogP contribution in [0.4, 0.5) is 0 Å². The van der Waals surface area contributed by atoms with Crippen molar-refractivity contribution in [1.29, 1.82) is 0 Å². The van der Waals surface area contributed by atoms with Gasteiger partial charge in [0.05, 0.1) is 0 Å². The smallest absolute Gasteiger partial charge is 0.189 e. The summed E-state index contributed by atoms with van der Waals surface area (Å²) in [6.07, 6.45) is 1.15. The van der Waals surface area contributed by atoms with Crippen LogP contribution in [0.2, 0.25) is 6.04 Å². The van der Waals surface area contributed by atoms with E-state index in [9.17, 15) is 0 Å². The maximum absolute atomic E-state index is 5.64. The average molecular weight is 195 g/mol. The lowest BCUT2D eigenvalue weighted by Gasteiger charge is -2.28. The highest BCUT2D eigenvalue weighted by Crippen LogP contribution is 2.03. The van der Waals surface area contributed by atoms with Crippen molar-refractivity contribution in [3.8, 4) is 0 Å². The molecule has 0 rings (SSSR count). The first-order valence-corrected chi connectivity index (χ1v) is 6.36. The van der Waals surface area contributed by atoms with Gasteiger partial charge in [-0.2, -0.15) is 0 Å². The maximum atomic E-state index is 5.64. The van der Waals surface area contributed by atoms with Gasteiger partial charge in [0.15, 0.2) is 9.12 Å². The quantitative estimate of drug-likeness (QED) is 0.475. The second-order valence-electron chi connectivity index (χ2n) is 3.24. The van der Waals surface area contributed by atoms with Gasteiger partial charge in [-0.3, -0.25) is 0 Å². The van der Waals surface area contributed by atoms with Gasteiger partial charge in [0.1, 0.15) is 0 Å². The summed E-state index contributed by atoms with van der Waals surface area (Å²) in [7, 11) is 7.82. The first-order chi connectivity index (χ1) is 5.09. The van der Waals surface area contributed by atoms with Gasteiger partial charge in [-0.1, -0.05) is 0 Å². The molecule has 0 radical (unpaired) electrons. The summed E-state index contributed by atoms with van der Waals surface area (Å²) in [5.41, 5.74) is 0. The Morgan fingerprint density at radius 2 is 1.55 bits per heavy atom. The Morgan fingerprint density at radius 3 is 1.82 bits per heavy atom. The van der Waals surface area contributed by atoms with E-state index in [1.807, 2.05) is 0 Å². The van der Waals surface area contributed by atoms with Crippen molar-refractivity contribution in [3.05, 3.63) is 0 Å². The van der Waals surface area contributed by atoms with Crippen molar-refractivity contribution in [1.82, 2.24) is 9.13 Å². The molecular weight excluding hydrogens is 176 g/mol. The van der Waals surface area contributed by atoms with E-state index in [1.54, 1.807) is 0 Å². The molecule has 11 heavy (non-hydrogen) atoms. The highest BCUT2D eigenvalue weighted by atomic mass is 35.5. The van der Waals surface area contributed by atoms with Crippen LogP contribution in [-0.4, -0.2) is 52.3 Å². The Hall–Kier alpha value is 0.427. The fourth-order valence-corrected chi connectivity index (χ4v) is 4.18. The Morgan fingerprint density at radius 1 is 1.09 bits per heavy atom. The van der Waals surface area contributed by atoms with Gasteiger partial charge in [-0.25, -0.2) is 0 Å². The van der Waals surface area contributed by atoms with Crippen LogP contribution in [0.1, 0.15) is 6.42 Å². The fraction of sp³-hybridized carbons (Fsp3) is 1.00. The lowest BCUT2D eigenvalue weighted by atomic mass is 10.6. The summed E-state index contributed by atoms with van der Waals surface area (Å²) < 4.78 is 4.71. The lowest BCUT2D eigenvalue weighted by molar-refractivity contribution is 0.512. The van der Waals surface area contributed by atoms with Crippen LogP contribution in [0.15, 0.2) is 0 Å². The first kappa shape index (κ1) is 11.4. The average Bonchev–Trinajstić information content (AvgIpc) is 1.87. The second kappa shape index (κ2) is 6.00. The van der Waals surface area contributed by atoms with E-state index in [2.05, 4.69) is 37.3 Å². The fourth-order valence-electron chi connectivity index (χ4n) is 1.24. The molecule has 0 heterocycles. The molecule has 0 spiro atoms. The molecule has 0 atom stereocenters. The Labute approximate surface area is 76.9 Å². The Balaban J connectivity index is 3.70. The molecule has 0 saturated carbocycles. The largest absolute Gasteiger partial charge is 0.320 e. The summed E-state index contributed by atoms with van der Waals surface area (Å²) in [4.78, 5) is 0. The van der Waals surface area contributed by atoms with Crippen LogP contribution in [-0.2, 0) is 0 Å². The summed E-state index contributed by atoms with van der Waals surface area (Å²) in [6, 6.07) is 1.28. The van der Waals surface area contributed by atoms with Gasteiger partial charge in [0.25, 0.3) is 0 Å². The molecule has 0 aromatic carbocycles. The molecule has 0 amide bonds. The van der Waals surface area contributed by atoms with Gasteiger partial charge in [0.2, 0.25) is 0 Å². The predicted molar refractivity (Wildman–Crippen MR) is 54.7 cm³/mol. The lowest BCUT2D eigenvalue weighted by Crippen LogP contribution is -2.45. The number of hydrogen-bond donors (Lipinski definition) is 0. The summed E-state index contributed by atoms with van der Waals surface area (Å²) >= 11 is 5.64. The van der Waals surface area contributed by atoms with Crippen molar-refractivity contribution in [3.63, 3.8) is 0 Å². The minimum absolute atomic E-state index is 0.797. The van der Waals surface area contributed by atoms with E-state index in [4.69, 9.17) is 11.6 Å². The molecule has 0 aromatic rings. The van der Waals surface area contributed by atoms with E-state index < -0.39 is 9.12 Å². The molecular formula is C7H19ClN2Si. The van der Waals surface area contributed by atoms with Gasteiger partial charge in [0, 0.05) is 5.88 Å². The molecule has 0 bridgehead atoms. The minimum Gasteiger partial charge on any atom is -0.320 e. The standard InChI is InChI=1S/C7H19ClN2Si/c1-9(2)11(10(3)4)7-5-6-8/h11H,5-7H2,1-4H3. The van der Waals surface area contributed by atoms with Gasteiger partial charge >= 0.3 is 0 Å². The first-order valence-electron chi connectivity index (χ1n) is 3.98. The molecule has 4 heteroatoms. The van der Waals surface area contributed by atoms with Gasteiger partial charge in [-0.05, 0) is 40.7 Å². The van der Waals surface area contributed by atoms with E-state index in [0.29, 0.717) is 0 Å². The van der Waals surface area contributed by atoms with E-state index in [-0.39, 0.29) is 0 Å². The third kappa shape index (κ3) is 4.79. The van der Waals surface area contributed by atoms with Crippen LogP contribution >= 0.6 is 11.6 Å². The Bertz CT molecular complexity index is 90.4. The van der Waals surface area contributed by atoms with E-state index >= 15 is 0 Å².